The number of benzene rings is 1. The van der Waals surface area contributed by atoms with Crippen LogP contribution in [-0.2, 0) is 11.3 Å². The minimum Gasteiger partial charge on any atom is -0.465 e. The Kier molecular flexibility index (Phi) is 6.94. The van der Waals surface area contributed by atoms with Crippen molar-refractivity contribution < 1.29 is 14.3 Å². The average Bonchev–Trinajstić information content (AvgIpc) is 3.50. The van der Waals surface area contributed by atoms with Gasteiger partial charge in [-0.1, -0.05) is 12.1 Å². The molecule has 1 saturated carbocycles. The summed E-state index contributed by atoms with van der Waals surface area (Å²) in [7, 11) is 1.40. The summed E-state index contributed by atoms with van der Waals surface area (Å²) in [6.45, 7) is 7.77. The molecule has 3 rings (SSSR count). The number of nitrogens with one attached hydrogen (secondary N) is 1. The van der Waals surface area contributed by atoms with E-state index in [1.54, 1.807) is 0 Å². The van der Waals surface area contributed by atoms with E-state index in [-0.39, 0.29) is 18.0 Å². The molecule has 1 N–H and O–H groups in total. The van der Waals surface area contributed by atoms with E-state index < -0.39 is 0 Å². The fourth-order valence-corrected chi connectivity index (χ4v) is 3.82. The first-order valence-electron chi connectivity index (χ1n) is 10.4. The Labute approximate surface area is 168 Å². The molecule has 0 spiro atoms. The molecule has 2 fully saturated rings. The highest BCUT2D eigenvalue weighted by atomic mass is 16.5. The van der Waals surface area contributed by atoms with Crippen LogP contribution in [0, 0.1) is 5.92 Å². The molecule has 1 aliphatic carbocycles. The summed E-state index contributed by atoms with van der Waals surface area (Å²) in [5.74, 6) is 0.395. The maximum absolute atomic E-state index is 12.7. The van der Waals surface area contributed by atoms with Gasteiger partial charge < -0.3 is 15.0 Å². The van der Waals surface area contributed by atoms with Gasteiger partial charge in [0.2, 0.25) is 0 Å². The van der Waals surface area contributed by atoms with Crippen molar-refractivity contribution in [2.24, 2.45) is 5.92 Å². The van der Waals surface area contributed by atoms with Gasteiger partial charge in [0, 0.05) is 38.3 Å². The lowest BCUT2D eigenvalue weighted by Crippen LogP contribution is -2.52. The Hall–Kier alpha value is -2.08. The molecule has 1 saturated heterocycles. The molecule has 1 aromatic carbocycles. The van der Waals surface area contributed by atoms with Crippen molar-refractivity contribution in [2.75, 3.05) is 26.7 Å². The first-order valence-corrected chi connectivity index (χ1v) is 10.4. The van der Waals surface area contributed by atoms with Gasteiger partial charge in [0.25, 0.3) is 0 Å². The first-order chi connectivity index (χ1) is 13.5. The van der Waals surface area contributed by atoms with Gasteiger partial charge in [-0.3, -0.25) is 4.90 Å². The summed E-state index contributed by atoms with van der Waals surface area (Å²) in [5, 5.41) is 3.08. The van der Waals surface area contributed by atoms with Crippen molar-refractivity contribution in [3.8, 4) is 0 Å². The molecule has 6 nitrogen and oxygen atoms in total. The van der Waals surface area contributed by atoms with Crippen LogP contribution in [0.15, 0.2) is 24.3 Å². The molecule has 28 heavy (non-hydrogen) atoms. The molecule has 2 aliphatic rings. The zero-order chi connectivity index (χ0) is 20.1. The van der Waals surface area contributed by atoms with Crippen molar-refractivity contribution in [3.63, 3.8) is 0 Å². The molecular weight excluding hydrogens is 354 g/mol. The molecule has 6 heteroatoms. The van der Waals surface area contributed by atoms with Crippen LogP contribution < -0.4 is 5.32 Å². The first kappa shape index (κ1) is 20.6. The van der Waals surface area contributed by atoms with Crippen LogP contribution in [-0.4, -0.2) is 60.6 Å². The molecular formula is C22H33N3O3. The van der Waals surface area contributed by atoms with Gasteiger partial charge in [-0.2, -0.15) is 0 Å². The van der Waals surface area contributed by atoms with Gasteiger partial charge in [0.1, 0.15) is 0 Å². The number of esters is 1. The van der Waals surface area contributed by atoms with Crippen LogP contribution in [0.1, 0.15) is 55.5 Å². The topological polar surface area (TPSA) is 61.9 Å². The highest BCUT2D eigenvalue weighted by molar-refractivity contribution is 5.89. The molecule has 0 bridgehead atoms. The van der Waals surface area contributed by atoms with Crippen molar-refractivity contribution in [3.05, 3.63) is 35.4 Å². The predicted octanol–water partition coefficient (Wildman–Crippen LogP) is 3.27. The van der Waals surface area contributed by atoms with Crippen molar-refractivity contribution in [2.45, 2.75) is 58.2 Å². The number of ether oxygens (including phenoxy) is 1. The quantitative estimate of drug-likeness (QED) is 0.730. The summed E-state index contributed by atoms with van der Waals surface area (Å²) in [6, 6.07) is 8.23. The number of rotatable bonds is 7. The van der Waals surface area contributed by atoms with Crippen molar-refractivity contribution in [1.29, 1.82) is 0 Å². The van der Waals surface area contributed by atoms with Gasteiger partial charge in [0.15, 0.2) is 0 Å². The number of hydrogen-bond donors (Lipinski definition) is 1. The zero-order valence-corrected chi connectivity index (χ0v) is 17.3. The van der Waals surface area contributed by atoms with Gasteiger partial charge in [-0.15, -0.1) is 0 Å². The number of piperidine rings is 1. The summed E-state index contributed by atoms with van der Waals surface area (Å²) in [4.78, 5) is 28.7. The van der Waals surface area contributed by atoms with E-state index in [0.29, 0.717) is 17.5 Å². The van der Waals surface area contributed by atoms with Crippen molar-refractivity contribution >= 4 is 12.0 Å². The third-order valence-corrected chi connectivity index (χ3v) is 5.60. The largest absolute Gasteiger partial charge is 0.465 e. The van der Waals surface area contributed by atoms with E-state index >= 15 is 0 Å². The lowest BCUT2D eigenvalue weighted by molar-refractivity contribution is 0.0600. The number of methoxy groups -OCH3 is 1. The third kappa shape index (κ3) is 5.71. The molecule has 0 aromatic heterocycles. The summed E-state index contributed by atoms with van der Waals surface area (Å²) >= 11 is 0. The Bertz CT molecular complexity index is 662. The second kappa shape index (κ2) is 9.41. The molecule has 1 aliphatic heterocycles. The summed E-state index contributed by atoms with van der Waals surface area (Å²) in [6.07, 6.45) is 4.54. The minimum atomic E-state index is -0.303. The number of likely N-dealkylation sites (tertiary alicyclic amines) is 1. The zero-order valence-electron chi connectivity index (χ0n) is 17.3. The number of amides is 2. The summed E-state index contributed by atoms with van der Waals surface area (Å²) < 4.78 is 4.75. The lowest BCUT2D eigenvalue weighted by Gasteiger charge is -2.39. The van der Waals surface area contributed by atoms with Gasteiger partial charge >= 0.3 is 12.0 Å². The van der Waals surface area contributed by atoms with Gasteiger partial charge in [-0.25, -0.2) is 9.59 Å². The van der Waals surface area contributed by atoms with Crippen LogP contribution >= 0.6 is 0 Å². The predicted molar refractivity (Wildman–Crippen MR) is 109 cm³/mol. The molecule has 154 valence electrons. The van der Waals surface area contributed by atoms with Gasteiger partial charge in [0.05, 0.1) is 12.7 Å². The van der Waals surface area contributed by atoms with E-state index in [1.165, 1.54) is 25.5 Å². The lowest BCUT2D eigenvalue weighted by atomic mass is 10.0. The van der Waals surface area contributed by atoms with Crippen molar-refractivity contribution in [1.82, 2.24) is 15.1 Å². The average molecular weight is 388 g/mol. The number of urea groups is 1. The maximum atomic E-state index is 12.7. The minimum absolute atomic E-state index is 0.0961. The Morgan fingerprint density at radius 2 is 1.79 bits per heavy atom. The highest BCUT2D eigenvalue weighted by Crippen LogP contribution is 2.31. The molecule has 0 atom stereocenters. The van der Waals surface area contributed by atoms with E-state index in [1.807, 2.05) is 38.1 Å². The second-order valence-electron chi connectivity index (χ2n) is 8.40. The smallest absolute Gasteiger partial charge is 0.337 e. The monoisotopic (exact) mass is 387 g/mol. The molecule has 0 unspecified atom stereocenters. The Balaban J connectivity index is 1.52. The standard InChI is InChI=1S/C22H33N3O3/c1-16(2)23-22(27)25(15-18-4-5-18)20-10-12-24(13-11-20)14-17-6-8-19(9-7-17)21(26)28-3/h6-9,16,18,20H,4-5,10-15H2,1-3H3,(H,23,27). The molecule has 0 radical (unpaired) electrons. The van der Waals surface area contributed by atoms with Crippen LogP contribution in [0.3, 0.4) is 0 Å². The number of carbonyl (C=O) groups is 2. The Morgan fingerprint density at radius 3 is 2.32 bits per heavy atom. The SMILES string of the molecule is COC(=O)c1ccc(CN2CCC(N(CC3CC3)C(=O)NC(C)C)CC2)cc1. The van der Waals surface area contributed by atoms with Gasteiger partial charge in [-0.05, 0) is 63.1 Å². The fraction of sp³-hybridized carbons (Fsp3) is 0.636. The molecule has 1 aromatic rings. The number of carbonyl (C=O) groups excluding carboxylic acids is 2. The Morgan fingerprint density at radius 1 is 1.14 bits per heavy atom. The van der Waals surface area contributed by atoms with E-state index in [2.05, 4.69) is 15.1 Å². The maximum Gasteiger partial charge on any atom is 0.337 e. The van der Waals surface area contributed by atoms with E-state index in [4.69, 9.17) is 4.74 Å². The van der Waals surface area contributed by atoms with E-state index in [0.717, 1.165) is 39.0 Å². The fourth-order valence-electron chi connectivity index (χ4n) is 3.82. The van der Waals surface area contributed by atoms with E-state index in [9.17, 15) is 9.59 Å². The van der Waals surface area contributed by atoms with Crippen LogP contribution in [0.4, 0.5) is 4.79 Å². The number of hydrogen-bond acceptors (Lipinski definition) is 4. The highest BCUT2D eigenvalue weighted by Gasteiger charge is 2.33. The third-order valence-electron chi connectivity index (χ3n) is 5.60. The molecule has 1 heterocycles. The van der Waals surface area contributed by atoms with Crippen LogP contribution in [0.2, 0.25) is 0 Å². The number of nitrogens with zero attached hydrogens (tertiary/aromatic N) is 2. The second-order valence-corrected chi connectivity index (χ2v) is 8.40. The van der Waals surface area contributed by atoms with Crippen LogP contribution in [0.25, 0.3) is 0 Å². The normalized spacial score (nSPS) is 18.1. The molecule has 2 amide bonds. The van der Waals surface area contributed by atoms with Crippen LogP contribution in [0.5, 0.6) is 0 Å². The summed E-state index contributed by atoms with van der Waals surface area (Å²) in [5.41, 5.74) is 1.77.